The number of carbonyl (C=O) groups is 2. The van der Waals surface area contributed by atoms with Crippen LogP contribution in [0.1, 0.15) is 52.4 Å². The Hall–Kier alpha value is -6.09. The highest BCUT2D eigenvalue weighted by molar-refractivity contribution is 6.32. The third-order valence-corrected chi connectivity index (χ3v) is 9.81. The molecule has 5 aromatic rings. The molecule has 0 fully saturated rings. The lowest BCUT2D eigenvalue weighted by atomic mass is 9.93. The van der Waals surface area contributed by atoms with E-state index in [1.807, 2.05) is 50.2 Å². The van der Waals surface area contributed by atoms with Crippen LogP contribution in [-0.4, -0.2) is 85.7 Å². The normalized spacial score (nSPS) is 12.0. The number of rotatable bonds is 23. The van der Waals surface area contributed by atoms with Crippen molar-refractivity contribution in [3.8, 4) is 34.4 Å². The van der Waals surface area contributed by atoms with Gasteiger partial charge < -0.3 is 34.3 Å². The molecule has 0 aliphatic carbocycles. The Labute approximate surface area is 352 Å². The Morgan fingerprint density at radius 2 is 1.62 bits per heavy atom. The number of nitrogens with one attached hydrogen (secondary N) is 2. The number of ether oxygens (including phenoxy) is 4. The molecule has 0 radical (unpaired) electrons. The summed E-state index contributed by atoms with van der Waals surface area (Å²) in [6.45, 7) is 6.51. The van der Waals surface area contributed by atoms with E-state index in [4.69, 9.17) is 30.5 Å². The number of aryl methyl sites for hydroxylation is 1. The monoisotopic (exact) mass is 841 g/mol. The van der Waals surface area contributed by atoms with Gasteiger partial charge in [0.05, 0.1) is 42.7 Å². The zero-order valence-corrected chi connectivity index (χ0v) is 34.3. The summed E-state index contributed by atoms with van der Waals surface area (Å²) >= 11 is 6.71. The minimum atomic E-state index is -1.20. The molecular formula is C43H48ClN7O9. The molecule has 0 bridgehead atoms. The summed E-state index contributed by atoms with van der Waals surface area (Å²) in [5.74, 6) is -0.259. The van der Waals surface area contributed by atoms with Crippen LogP contribution in [0.2, 0.25) is 5.02 Å². The van der Waals surface area contributed by atoms with E-state index in [0.29, 0.717) is 53.5 Å². The maximum atomic E-state index is 11.9. The van der Waals surface area contributed by atoms with Crippen molar-refractivity contribution < 1.29 is 43.9 Å². The first-order chi connectivity index (χ1) is 29.0. The molecule has 0 amide bonds. The number of carboxylic acid groups (broad SMARTS) is 1. The van der Waals surface area contributed by atoms with Gasteiger partial charge in [-0.3, -0.25) is 29.9 Å². The number of hydrogen-bond donors (Lipinski definition) is 5. The number of aliphatic hydroxyl groups excluding tert-OH is 2. The number of esters is 1. The molecule has 0 spiro atoms. The number of nitriles is 1. The minimum absolute atomic E-state index is 0.0290. The van der Waals surface area contributed by atoms with Crippen LogP contribution in [0.25, 0.3) is 11.1 Å². The molecule has 5 N–H and O–H groups in total. The van der Waals surface area contributed by atoms with Gasteiger partial charge in [0.1, 0.15) is 48.6 Å². The van der Waals surface area contributed by atoms with E-state index in [1.165, 1.54) is 6.20 Å². The van der Waals surface area contributed by atoms with E-state index in [0.717, 1.165) is 33.6 Å². The lowest BCUT2D eigenvalue weighted by Gasteiger charge is -2.19. The first kappa shape index (κ1) is 45.0. The fourth-order valence-electron chi connectivity index (χ4n) is 6.19. The summed E-state index contributed by atoms with van der Waals surface area (Å²) in [5.41, 5.74) is 7.11. The van der Waals surface area contributed by atoms with Gasteiger partial charge >= 0.3 is 11.9 Å². The standard InChI is InChI=1S/C43H48ClN7O9/c1-4-57-43(56)38(24-53)48-21-33-22-51(50-49-33)12-7-13-58-39-11-6-10-35(28(39)3)34-9-5-8-31(27(34)2)26-60-41-16-40(59-25-30-14-29(17-45)18-46-19-30)32(15-36(41)44)20-47-37(23-52)42(54)55/h5-6,8-11,14-16,18-19,22,37-38,47-48,52-53H,4,7,12-13,20-21,23-26H2,1-3H3,(H,54,55)/t37-,38-/m1/s1. The highest BCUT2D eigenvalue weighted by Crippen LogP contribution is 2.36. The summed E-state index contributed by atoms with van der Waals surface area (Å²) in [7, 11) is 0. The number of aliphatic hydroxyl groups is 2. The number of halogens is 1. The number of carbonyl (C=O) groups excluding carboxylic acids is 1. The molecule has 0 unspecified atom stereocenters. The van der Waals surface area contributed by atoms with E-state index >= 15 is 0 Å². The van der Waals surface area contributed by atoms with Gasteiger partial charge in [-0.15, -0.1) is 5.10 Å². The van der Waals surface area contributed by atoms with Crippen LogP contribution in [0.4, 0.5) is 0 Å². The largest absolute Gasteiger partial charge is 0.493 e. The summed E-state index contributed by atoms with van der Waals surface area (Å²) in [5, 5.41) is 52.0. The van der Waals surface area contributed by atoms with Gasteiger partial charge in [-0.25, -0.2) is 0 Å². The Kier molecular flexibility index (Phi) is 16.7. The van der Waals surface area contributed by atoms with Crippen LogP contribution in [0.5, 0.6) is 17.2 Å². The molecular weight excluding hydrogens is 794 g/mol. The van der Waals surface area contributed by atoms with Crippen LogP contribution < -0.4 is 24.8 Å². The van der Waals surface area contributed by atoms with Gasteiger partial charge in [0.2, 0.25) is 0 Å². The predicted molar refractivity (Wildman–Crippen MR) is 220 cm³/mol. The second-order valence-electron chi connectivity index (χ2n) is 13.7. The first-order valence-corrected chi connectivity index (χ1v) is 19.6. The number of benzene rings is 3. The van der Waals surface area contributed by atoms with Gasteiger partial charge in [-0.1, -0.05) is 47.1 Å². The van der Waals surface area contributed by atoms with Crippen LogP contribution in [0, 0.1) is 25.2 Å². The van der Waals surface area contributed by atoms with Crippen molar-refractivity contribution in [1.82, 2.24) is 30.6 Å². The average molecular weight is 842 g/mol. The molecule has 16 nitrogen and oxygen atoms in total. The molecule has 0 aliphatic rings. The van der Waals surface area contributed by atoms with Gasteiger partial charge in [-0.05, 0) is 66.8 Å². The summed E-state index contributed by atoms with van der Waals surface area (Å²) in [4.78, 5) is 27.5. The third-order valence-electron chi connectivity index (χ3n) is 9.51. The lowest BCUT2D eigenvalue weighted by Crippen LogP contribution is -2.40. The number of carboxylic acids is 1. The smallest absolute Gasteiger partial charge is 0.325 e. The molecule has 2 atom stereocenters. The Morgan fingerprint density at radius 3 is 2.35 bits per heavy atom. The van der Waals surface area contributed by atoms with Gasteiger partial charge in [0, 0.05) is 61.8 Å². The van der Waals surface area contributed by atoms with Crippen molar-refractivity contribution in [2.45, 2.75) is 72.1 Å². The van der Waals surface area contributed by atoms with Crippen molar-refractivity contribution in [3.05, 3.63) is 117 Å². The summed E-state index contributed by atoms with van der Waals surface area (Å²) in [6, 6.07) is 16.9. The van der Waals surface area contributed by atoms with E-state index in [9.17, 15) is 30.2 Å². The van der Waals surface area contributed by atoms with E-state index in [-0.39, 0.29) is 44.5 Å². The number of hydrogen-bond acceptors (Lipinski definition) is 14. The fraction of sp³-hybridized carbons (Fsp3) is 0.349. The van der Waals surface area contributed by atoms with E-state index in [2.05, 4.69) is 32.0 Å². The van der Waals surface area contributed by atoms with Crippen LogP contribution in [0.15, 0.2) is 73.2 Å². The topological polar surface area (TPSA) is 223 Å². The number of aliphatic carboxylic acids is 1. The molecule has 0 saturated heterocycles. The van der Waals surface area contributed by atoms with Crippen LogP contribution in [0.3, 0.4) is 0 Å². The van der Waals surface area contributed by atoms with Crippen LogP contribution in [-0.2, 0) is 47.2 Å². The molecule has 60 heavy (non-hydrogen) atoms. The highest BCUT2D eigenvalue weighted by atomic mass is 35.5. The van der Waals surface area contributed by atoms with Gasteiger partial charge in [0.25, 0.3) is 0 Å². The zero-order valence-electron chi connectivity index (χ0n) is 33.6. The van der Waals surface area contributed by atoms with Crippen molar-refractivity contribution in [2.24, 2.45) is 0 Å². The molecule has 2 aromatic heterocycles. The fourth-order valence-corrected chi connectivity index (χ4v) is 6.43. The summed E-state index contributed by atoms with van der Waals surface area (Å²) < 4.78 is 25.3. The van der Waals surface area contributed by atoms with Crippen molar-refractivity contribution in [2.75, 3.05) is 26.4 Å². The third kappa shape index (κ3) is 12.2. The Balaban J connectivity index is 1.23. The molecule has 0 aliphatic heterocycles. The highest BCUT2D eigenvalue weighted by Gasteiger charge is 2.20. The van der Waals surface area contributed by atoms with E-state index in [1.54, 1.807) is 42.2 Å². The molecule has 2 heterocycles. The Bertz CT molecular complexity index is 2280. The predicted octanol–water partition coefficient (Wildman–Crippen LogP) is 4.66. The summed E-state index contributed by atoms with van der Waals surface area (Å²) in [6.07, 6.45) is 5.48. The van der Waals surface area contributed by atoms with Gasteiger partial charge in [-0.2, -0.15) is 5.26 Å². The molecule has 0 saturated carbocycles. The van der Waals surface area contributed by atoms with Crippen molar-refractivity contribution in [1.29, 1.82) is 5.26 Å². The lowest BCUT2D eigenvalue weighted by molar-refractivity contribution is -0.146. The second kappa shape index (κ2) is 22.3. The number of pyridine rings is 1. The maximum Gasteiger partial charge on any atom is 0.325 e. The SMILES string of the molecule is CCOC(=O)[C@@H](CO)NCc1cn(CCCOc2cccc(-c3cccc(COc4cc(OCc5cncc(C#N)c5)c(CN[C@H](CO)C(=O)O)cc4Cl)c3C)c2C)nn1. The van der Waals surface area contributed by atoms with Gasteiger partial charge in [0.15, 0.2) is 0 Å². The van der Waals surface area contributed by atoms with Crippen molar-refractivity contribution >= 4 is 23.5 Å². The molecule has 3 aromatic carbocycles. The van der Waals surface area contributed by atoms with Crippen molar-refractivity contribution in [3.63, 3.8) is 0 Å². The number of nitrogens with zero attached hydrogens (tertiary/aromatic N) is 5. The molecule has 5 rings (SSSR count). The maximum absolute atomic E-state index is 11.9. The number of aromatic nitrogens is 4. The quantitative estimate of drug-likeness (QED) is 0.0446. The molecule has 316 valence electrons. The average Bonchev–Trinajstić information content (AvgIpc) is 3.70. The second-order valence-corrected chi connectivity index (χ2v) is 14.1. The zero-order chi connectivity index (χ0) is 43.0. The Morgan fingerprint density at radius 1 is 0.883 bits per heavy atom. The first-order valence-electron chi connectivity index (χ1n) is 19.2. The van der Waals surface area contributed by atoms with Crippen LogP contribution >= 0.6 is 11.6 Å². The molecule has 17 heteroatoms. The minimum Gasteiger partial charge on any atom is -0.493 e. The van der Waals surface area contributed by atoms with E-state index < -0.39 is 30.6 Å².